The maximum atomic E-state index is 13.5. The number of H-pyrrole nitrogens is 2. The molecule has 0 spiro atoms. The summed E-state index contributed by atoms with van der Waals surface area (Å²) < 4.78 is 7.30. The van der Waals surface area contributed by atoms with Crippen molar-refractivity contribution in [2.75, 3.05) is 11.9 Å². The zero-order valence-corrected chi connectivity index (χ0v) is 19.3. The van der Waals surface area contributed by atoms with E-state index in [9.17, 15) is 9.59 Å². The maximum absolute atomic E-state index is 13.5. The van der Waals surface area contributed by atoms with Gasteiger partial charge >= 0.3 is 5.69 Å². The molecule has 0 radical (unpaired) electrons. The van der Waals surface area contributed by atoms with Crippen LogP contribution in [-0.4, -0.2) is 26.1 Å². The molecule has 3 heterocycles. The quantitative estimate of drug-likeness (QED) is 0.285. The van der Waals surface area contributed by atoms with Crippen molar-refractivity contribution in [1.29, 1.82) is 0 Å². The van der Waals surface area contributed by atoms with Gasteiger partial charge in [0.05, 0.1) is 34.0 Å². The number of nitrogens with one attached hydrogen (secondary N) is 3. The smallest absolute Gasteiger partial charge is 0.332 e. The molecule has 3 aromatic heterocycles. The third kappa shape index (κ3) is 3.88. The van der Waals surface area contributed by atoms with Gasteiger partial charge in [-0.3, -0.25) is 14.3 Å². The summed E-state index contributed by atoms with van der Waals surface area (Å²) in [5.41, 5.74) is 4.07. The van der Waals surface area contributed by atoms with Crippen LogP contribution in [0.15, 0.2) is 99.4 Å². The van der Waals surface area contributed by atoms with E-state index < -0.39 is 0 Å². The van der Waals surface area contributed by atoms with Crippen molar-refractivity contribution in [2.45, 2.75) is 12.8 Å². The van der Waals surface area contributed by atoms with E-state index in [1.165, 1.54) is 16.4 Å². The largest absolute Gasteiger partial charge is 0.463 e. The van der Waals surface area contributed by atoms with Gasteiger partial charge in [0, 0.05) is 6.54 Å². The monoisotopic (exact) mass is 477 g/mol. The molecule has 6 aromatic rings. The lowest BCUT2D eigenvalue weighted by molar-refractivity contribution is 0.604. The number of anilines is 1. The predicted octanol–water partition coefficient (Wildman–Crippen LogP) is 4.86. The van der Waals surface area contributed by atoms with Gasteiger partial charge in [-0.1, -0.05) is 42.5 Å². The van der Waals surface area contributed by atoms with Gasteiger partial charge in [-0.15, -0.1) is 0 Å². The highest BCUT2D eigenvalue weighted by molar-refractivity contribution is 5.84. The molecule has 0 fully saturated rings. The molecule has 0 aliphatic rings. The van der Waals surface area contributed by atoms with E-state index in [2.05, 4.69) is 32.4 Å². The number of aryl methyl sites for hydroxylation is 1. The summed E-state index contributed by atoms with van der Waals surface area (Å²) in [5, 5.41) is 3.80. The van der Waals surface area contributed by atoms with Gasteiger partial charge in [-0.25, -0.2) is 9.78 Å². The molecule has 178 valence electrons. The van der Waals surface area contributed by atoms with E-state index in [0.717, 1.165) is 23.9 Å². The number of rotatable bonds is 7. The van der Waals surface area contributed by atoms with E-state index in [1.54, 1.807) is 24.5 Å². The van der Waals surface area contributed by atoms with Gasteiger partial charge < -0.3 is 14.7 Å². The molecule has 0 saturated heterocycles. The number of imidazole rings is 2. The summed E-state index contributed by atoms with van der Waals surface area (Å²) in [6, 6.07) is 22.8. The number of hydrogen-bond donors (Lipinski definition) is 3. The summed E-state index contributed by atoms with van der Waals surface area (Å²) in [6.45, 7) is 0.611. The number of fused-ring (bicyclic) bond motifs is 2. The summed E-state index contributed by atoms with van der Waals surface area (Å²) in [7, 11) is 0. The van der Waals surface area contributed by atoms with Crippen molar-refractivity contribution < 1.29 is 4.42 Å². The zero-order chi connectivity index (χ0) is 24.5. The van der Waals surface area contributed by atoms with Gasteiger partial charge in [-0.2, -0.15) is 0 Å². The highest BCUT2D eigenvalue weighted by Crippen LogP contribution is 2.28. The number of hydrogen-bond acceptors (Lipinski definition) is 5. The first kappa shape index (κ1) is 21.7. The molecule has 0 aliphatic heterocycles. The van der Waals surface area contributed by atoms with E-state index in [-0.39, 0.29) is 11.1 Å². The number of para-hydroxylation sites is 1. The highest BCUT2D eigenvalue weighted by atomic mass is 16.3. The third-order valence-electron chi connectivity index (χ3n) is 6.28. The second-order valence-electron chi connectivity index (χ2n) is 8.58. The Kier molecular flexibility index (Phi) is 5.46. The fourth-order valence-corrected chi connectivity index (χ4v) is 4.52. The first-order chi connectivity index (χ1) is 17.7. The molecule has 0 unspecified atom stereocenters. The van der Waals surface area contributed by atoms with Gasteiger partial charge in [-0.05, 0) is 48.7 Å². The number of benzene rings is 3. The summed E-state index contributed by atoms with van der Waals surface area (Å²) in [6.07, 6.45) is 4.77. The molecule has 36 heavy (non-hydrogen) atoms. The van der Waals surface area contributed by atoms with Crippen LogP contribution in [0.2, 0.25) is 0 Å². The minimum Gasteiger partial charge on any atom is -0.463 e. The summed E-state index contributed by atoms with van der Waals surface area (Å²) >= 11 is 0. The van der Waals surface area contributed by atoms with Crippen LogP contribution in [0.4, 0.5) is 5.82 Å². The first-order valence-corrected chi connectivity index (χ1v) is 11.8. The second-order valence-corrected chi connectivity index (χ2v) is 8.58. The average molecular weight is 478 g/mol. The van der Waals surface area contributed by atoms with Crippen molar-refractivity contribution in [3.63, 3.8) is 0 Å². The lowest BCUT2D eigenvalue weighted by Gasteiger charge is -2.11. The maximum Gasteiger partial charge on any atom is 0.332 e. The normalized spacial score (nSPS) is 11.3. The van der Waals surface area contributed by atoms with Crippen LogP contribution in [0.5, 0.6) is 0 Å². The molecule has 3 aromatic carbocycles. The molecule has 0 bridgehead atoms. The van der Waals surface area contributed by atoms with Crippen molar-refractivity contribution in [3.05, 3.63) is 112 Å². The van der Waals surface area contributed by atoms with Crippen molar-refractivity contribution >= 4 is 27.8 Å². The van der Waals surface area contributed by atoms with Crippen LogP contribution in [0.3, 0.4) is 0 Å². The number of aromatic amines is 2. The Labute approximate surface area is 205 Å². The Morgan fingerprint density at radius 2 is 1.81 bits per heavy atom. The molecule has 0 aliphatic carbocycles. The van der Waals surface area contributed by atoms with Crippen molar-refractivity contribution in [3.8, 4) is 16.9 Å². The van der Waals surface area contributed by atoms with E-state index in [1.807, 2.05) is 42.5 Å². The van der Waals surface area contributed by atoms with Gasteiger partial charge in [0.1, 0.15) is 23.4 Å². The predicted molar refractivity (Wildman–Crippen MR) is 141 cm³/mol. The zero-order valence-electron chi connectivity index (χ0n) is 19.3. The average Bonchev–Trinajstić information content (AvgIpc) is 3.51. The lowest BCUT2D eigenvalue weighted by Crippen LogP contribution is -2.17. The summed E-state index contributed by atoms with van der Waals surface area (Å²) in [4.78, 5) is 37.0. The fourth-order valence-electron chi connectivity index (χ4n) is 4.52. The molecule has 0 amide bonds. The molecule has 0 saturated carbocycles. The van der Waals surface area contributed by atoms with Crippen LogP contribution in [0.25, 0.3) is 38.9 Å². The van der Waals surface area contributed by atoms with Gasteiger partial charge in [0.15, 0.2) is 0 Å². The molecule has 8 nitrogen and oxygen atoms in total. The number of nitrogens with zero attached hydrogens (tertiary/aromatic N) is 2. The topological polar surface area (TPSA) is 109 Å². The Morgan fingerprint density at radius 1 is 0.972 bits per heavy atom. The second kappa shape index (κ2) is 9.07. The van der Waals surface area contributed by atoms with Crippen molar-refractivity contribution in [1.82, 2.24) is 19.5 Å². The molecular formula is C28H23N5O3. The van der Waals surface area contributed by atoms with Crippen LogP contribution < -0.4 is 16.4 Å². The Bertz CT molecular complexity index is 1790. The van der Waals surface area contributed by atoms with Crippen LogP contribution in [0.1, 0.15) is 12.0 Å². The van der Waals surface area contributed by atoms with E-state index in [4.69, 9.17) is 4.42 Å². The summed E-state index contributed by atoms with van der Waals surface area (Å²) in [5.74, 6) is 0.473. The Morgan fingerprint density at radius 3 is 2.69 bits per heavy atom. The van der Waals surface area contributed by atoms with E-state index >= 15 is 0 Å². The number of aromatic nitrogens is 4. The van der Waals surface area contributed by atoms with E-state index in [0.29, 0.717) is 40.3 Å². The first-order valence-electron chi connectivity index (χ1n) is 11.8. The fraction of sp³-hybridized carbons (Fsp3) is 0.107. The van der Waals surface area contributed by atoms with Crippen molar-refractivity contribution in [2.24, 2.45) is 0 Å². The van der Waals surface area contributed by atoms with Crippen LogP contribution in [0, 0.1) is 0 Å². The molecule has 3 N–H and O–H groups in total. The van der Waals surface area contributed by atoms with Crippen LogP contribution in [-0.2, 0) is 6.42 Å². The molecule has 6 rings (SSSR count). The molecule has 0 atom stereocenters. The molecule has 8 heteroatoms. The Balaban J connectivity index is 1.44. The third-order valence-corrected chi connectivity index (χ3v) is 6.28. The minimum atomic E-state index is -0.359. The SMILES string of the molecule is O=c1c(-c2c(NCCCc3ccccc3)[nH]c(=O)n2-c2ccc3nc[nH]c3c2)coc2ccccc12. The minimum absolute atomic E-state index is 0.209. The highest BCUT2D eigenvalue weighted by Gasteiger charge is 2.22. The standard InChI is InChI=1S/C28H23N5O3/c34-26-20-10-4-5-11-24(20)36-16-21(26)25-27(29-14-6-9-18-7-2-1-3-8-18)32-28(35)33(25)19-12-13-22-23(15-19)31-17-30-22/h1-5,7-8,10-13,15-17,29H,6,9,14H2,(H,30,31)(H,32,35). The van der Waals surface area contributed by atoms with Crippen LogP contribution >= 0.6 is 0 Å². The lowest BCUT2D eigenvalue weighted by atomic mass is 10.1. The van der Waals surface area contributed by atoms with Gasteiger partial charge in [0.2, 0.25) is 5.43 Å². The molecular weight excluding hydrogens is 454 g/mol. The van der Waals surface area contributed by atoms with Gasteiger partial charge in [0.25, 0.3) is 0 Å². The Hall–Kier alpha value is -4.85.